The van der Waals surface area contributed by atoms with Crippen LogP contribution in [0, 0.1) is 5.82 Å². The van der Waals surface area contributed by atoms with Gasteiger partial charge in [0.2, 0.25) is 0 Å². The maximum Gasteiger partial charge on any atom is 0.124 e. The lowest BCUT2D eigenvalue weighted by molar-refractivity contribution is 0.172. The first kappa shape index (κ1) is 13.0. The molecule has 1 atom stereocenters. The minimum atomic E-state index is -0.348. The Hall–Kier alpha value is -0.0600. The molecule has 0 heterocycles. The van der Waals surface area contributed by atoms with Crippen LogP contribution in [-0.2, 0) is 6.42 Å². The second kappa shape index (κ2) is 6.51. The highest BCUT2D eigenvalue weighted by Gasteiger charge is 2.08. The number of benzene rings is 1. The summed E-state index contributed by atoms with van der Waals surface area (Å²) < 4.78 is 13.5. The van der Waals surface area contributed by atoms with E-state index in [0.717, 1.165) is 22.2 Å². The number of aliphatic hydroxyl groups is 1. The molecular weight excluding hydrogens is 279 g/mol. The molecule has 0 amide bonds. The first-order valence-corrected chi connectivity index (χ1v) is 6.93. The zero-order valence-electron chi connectivity index (χ0n) is 8.54. The third-order valence-corrected chi connectivity index (χ3v) is 3.51. The highest BCUT2D eigenvalue weighted by molar-refractivity contribution is 9.10. The minimum Gasteiger partial charge on any atom is -0.393 e. The Labute approximate surface area is 102 Å². The summed E-state index contributed by atoms with van der Waals surface area (Å²) in [5.41, 5.74) is 0.949. The van der Waals surface area contributed by atoms with Crippen molar-refractivity contribution in [2.45, 2.75) is 18.9 Å². The molecule has 1 unspecified atom stereocenters. The van der Waals surface area contributed by atoms with Crippen LogP contribution in [0.5, 0.6) is 0 Å². The summed E-state index contributed by atoms with van der Waals surface area (Å²) in [4.78, 5) is 0. The lowest BCUT2D eigenvalue weighted by Crippen LogP contribution is -2.11. The van der Waals surface area contributed by atoms with Gasteiger partial charge in [0.1, 0.15) is 5.82 Å². The lowest BCUT2D eigenvalue weighted by atomic mass is 10.1. The highest BCUT2D eigenvalue weighted by atomic mass is 79.9. The van der Waals surface area contributed by atoms with Crippen molar-refractivity contribution in [3.63, 3.8) is 0 Å². The van der Waals surface area contributed by atoms with E-state index in [4.69, 9.17) is 0 Å². The van der Waals surface area contributed by atoms with Gasteiger partial charge in [-0.2, -0.15) is 11.8 Å². The summed E-state index contributed by atoms with van der Waals surface area (Å²) in [6.07, 6.45) is 3.01. The van der Waals surface area contributed by atoms with Gasteiger partial charge in [-0.05, 0) is 42.5 Å². The quantitative estimate of drug-likeness (QED) is 0.899. The Kier molecular flexibility index (Phi) is 5.64. The average molecular weight is 293 g/mol. The van der Waals surface area contributed by atoms with Crippen LogP contribution in [0.2, 0.25) is 0 Å². The van der Waals surface area contributed by atoms with Gasteiger partial charge >= 0.3 is 0 Å². The van der Waals surface area contributed by atoms with E-state index in [1.165, 1.54) is 12.1 Å². The molecule has 0 bridgehead atoms. The normalized spacial score (nSPS) is 12.8. The van der Waals surface area contributed by atoms with Crippen LogP contribution in [-0.4, -0.2) is 23.2 Å². The van der Waals surface area contributed by atoms with E-state index < -0.39 is 0 Å². The number of halogens is 2. The van der Waals surface area contributed by atoms with Gasteiger partial charge in [0.25, 0.3) is 0 Å². The smallest absolute Gasteiger partial charge is 0.124 e. The summed E-state index contributed by atoms with van der Waals surface area (Å²) >= 11 is 5.00. The average Bonchev–Trinajstić information content (AvgIpc) is 2.19. The minimum absolute atomic E-state index is 0.260. The van der Waals surface area contributed by atoms with Gasteiger partial charge in [0, 0.05) is 4.47 Å². The van der Waals surface area contributed by atoms with Crippen LogP contribution in [0.4, 0.5) is 4.39 Å². The molecule has 0 spiro atoms. The van der Waals surface area contributed by atoms with Gasteiger partial charge < -0.3 is 5.11 Å². The molecule has 0 aliphatic rings. The fraction of sp³-hybridized carbons (Fsp3) is 0.455. The van der Waals surface area contributed by atoms with Crippen LogP contribution < -0.4 is 0 Å². The van der Waals surface area contributed by atoms with Gasteiger partial charge in [0.15, 0.2) is 0 Å². The van der Waals surface area contributed by atoms with Crippen LogP contribution in [0.3, 0.4) is 0 Å². The van der Waals surface area contributed by atoms with E-state index >= 15 is 0 Å². The molecule has 0 saturated heterocycles. The monoisotopic (exact) mass is 292 g/mol. The molecule has 4 heteroatoms. The molecule has 1 N–H and O–H groups in total. The zero-order chi connectivity index (χ0) is 11.3. The predicted octanol–water partition coefficient (Wildman–Crippen LogP) is 3.24. The summed E-state index contributed by atoms with van der Waals surface area (Å²) in [6, 6.07) is 4.56. The number of thioether (sulfide) groups is 1. The van der Waals surface area contributed by atoms with E-state index in [1.54, 1.807) is 17.8 Å². The van der Waals surface area contributed by atoms with Gasteiger partial charge in [-0.3, -0.25) is 0 Å². The van der Waals surface area contributed by atoms with E-state index in [-0.39, 0.29) is 11.9 Å². The molecule has 1 nitrogen and oxygen atoms in total. The van der Waals surface area contributed by atoms with Crippen molar-refractivity contribution >= 4 is 27.7 Å². The molecule has 0 aromatic heterocycles. The van der Waals surface area contributed by atoms with Crippen molar-refractivity contribution in [2.24, 2.45) is 0 Å². The van der Waals surface area contributed by atoms with Crippen LogP contribution in [0.1, 0.15) is 12.0 Å². The maximum absolute atomic E-state index is 12.8. The van der Waals surface area contributed by atoms with Gasteiger partial charge in [-0.1, -0.05) is 22.0 Å². The summed E-state index contributed by atoms with van der Waals surface area (Å²) in [6.45, 7) is 0. The first-order valence-electron chi connectivity index (χ1n) is 4.74. The summed E-state index contributed by atoms with van der Waals surface area (Å²) in [5.74, 6) is 0.684. The van der Waals surface area contributed by atoms with E-state index in [0.29, 0.717) is 6.42 Å². The second-order valence-corrected chi connectivity index (χ2v) is 5.22. The first-order chi connectivity index (χ1) is 7.13. The molecule has 0 aliphatic carbocycles. The molecule has 1 aromatic carbocycles. The Bertz CT molecular complexity index is 319. The topological polar surface area (TPSA) is 20.2 Å². The third kappa shape index (κ3) is 4.53. The Morgan fingerprint density at radius 2 is 2.27 bits per heavy atom. The van der Waals surface area contributed by atoms with E-state index in [1.807, 2.05) is 6.26 Å². The van der Waals surface area contributed by atoms with Crippen LogP contribution >= 0.6 is 27.7 Å². The van der Waals surface area contributed by atoms with Gasteiger partial charge in [-0.15, -0.1) is 0 Å². The Balaban J connectivity index is 2.56. The van der Waals surface area contributed by atoms with Crippen molar-refractivity contribution in [2.75, 3.05) is 12.0 Å². The molecule has 1 rings (SSSR count). The number of rotatable bonds is 5. The highest BCUT2D eigenvalue weighted by Crippen LogP contribution is 2.20. The van der Waals surface area contributed by atoms with Crippen molar-refractivity contribution in [3.05, 3.63) is 34.1 Å². The molecular formula is C11H14BrFOS. The standard InChI is InChI=1S/C11H14BrFOS/c1-15-5-4-10(14)6-8-2-3-9(13)7-11(8)12/h2-3,7,10,14H,4-6H2,1H3. The van der Waals surface area contributed by atoms with Crippen molar-refractivity contribution < 1.29 is 9.50 Å². The summed E-state index contributed by atoms with van der Waals surface area (Å²) in [5, 5.41) is 9.70. The van der Waals surface area contributed by atoms with Crippen molar-refractivity contribution in [1.29, 1.82) is 0 Å². The Morgan fingerprint density at radius 1 is 1.53 bits per heavy atom. The SMILES string of the molecule is CSCCC(O)Cc1ccc(F)cc1Br. The molecule has 1 aromatic rings. The second-order valence-electron chi connectivity index (χ2n) is 3.38. The fourth-order valence-corrected chi connectivity index (χ4v) is 2.32. The largest absolute Gasteiger partial charge is 0.393 e. The number of hydrogen-bond donors (Lipinski definition) is 1. The third-order valence-electron chi connectivity index (χ3n) is 2.13. The Morgan fingerprint density at radius 3 is 2.87 bits per heavy atom. The van der Waals surface area contributed by atoms with Crippen molar-refractivity contribution in [3.8, 4) is 0 Å². The number of aliphatic hydroxyl groups excluding tert-OH is 1. The van der Waals surface area contributed by atoms with E-state index in [2.05, 4.69) is 15.9 Å². The number of hydrogen-bond acceptors (Lipinski definition) is 2. The zero-order valence-corrected chi connectivity index (χ0v) is 10.9. The lowest BCUT2D eigenvalue weighted by Gasteiger charge is -2.11. The molecule has 0 fully saturated rings. The molecule has 0 saturated carbocycles. The van der Waals surface area contributed by atoms with E-state index in [9.17, 15) is 9.50 Å². The van der Waals surface area contributed by atoms with Crippen molar-refractivity contribution in [1.82, 2.24) is 0 Å². The predicted molar refractivity (Wildman–Crippen MR) is 66.8 cm³/mol. The van der Waals surface area contributed by atoms with Gasteiger partial charge in [0.05, 0.1) is 6.10 Å². The molecule has 0 aliphatic heterocycles. The maximum atomic E-state index is 12.8. The molecule has 15 heavy (non-hydrogen) atoms. The fourth-order valence-electron chi connectivity index (χ4n) is 1.30. The summed E-state index contributed by atoms with van der Waals surface area (Å²) in [7, 11) is 0. The van der Waals surface area contributed by atoms with Crippen LogP contribution in [0.15, 0.2) is 22.7 Å². The molecule has 0 radical (unpaired) electrons. The van der Waals surface area contributed by atoms with Crippen LogP contribution in [0.25, 0.3) is 0 Å². The van der Waals surface area contributed by atoms with Gasteiger partial charge in [-0.25, -0.2) is 4.39 Å². The molecule has 84 valence electrons.